The van der Waals surface area contributed by atoms with Crippen molar-refractivity contribution in [1.82, 2.24) is 24.7 Å². The molecule has 0 aromatic carbocycles. The van der Waals surface area contributed by atoms with Crippen LogP contribution in [0.5, 0.6) is 5.88 Å². The van der Waals surface area contributed by atoms with E-state index in [9.17, 15) is 9.90 Å². The van der Waals surface area contributed by atoms with Crippen molar-refractivity contribution in [2.24, 2.45) is 5.92 Å². The van der Waals surface area contributed by atoms with Gasteiger partial charge >= 0.3 is 5.97 Å². The average Bonchev–Trinajstić information content (AvgIpc) is 3.37. The van der Waals surface area contributed by atoms with Crippen LogP contribution in [-0.4, -0.2) is 42.4 Å². The monoisotopic (exact) mass is 353 g/mol. The smallest absolute Gasteiger partial charge is 0.358 e. The quantitative estimate of drug-likeness (QED) is 0.725. The van der Waals surface area contributed by atoms with Crippen LogP contribution in [0.3, 0.4) is 0 Å². The lowest BCUT2D eigenvalue weighted by molar-refractivity contribution is 0.0691. The molecule has 1 fully saturated rings. The number of rotatable bonds is 6. The fraction of sp³-hybridized carbons (Fsp3) is 0.389. The van der Waals surface area contributed by atoms with Crippen LogP contribution in [0.4, 0.5) is 0 Å². The minimum absolute atomic E-state index is 0.0584. The topological polar surface area (TPSA) is 103 Å². The molecule has 26 heavy (non-hydrogen) atoms. The van der Waals surface area contributed by atoms with Crippen LogP contribution in [0.25, 0.3) is 11.0 Å². The highest BCUT2D eigenvalue weighted by Gasteiger charge is 2.23. The zero-order valence-electron chi connectivity index (χ0n) is 14.6. The highest BCUT2D eigenvalue weighted by molar-refractivity contribution is 5.99. The van der Waals surface area contributed by atoms with Crippen molar-refractivity contribution in [2.45, 2.75) is 33.2 Å². The van der Waals surface area contributed by atoms with Gasteiger partial charge in [0.1, 0.15) is 11.8 Å². The first-order valence-corrected chi connectivity index (χ1v) is 8.52. The summed E-state index contributed by atoms with van der Waals surface area (Å²) in [6, 6.07) is 1.88. The van der Waals surface area contributed by atoms with Crippen molar-refractivity contribution in [2.75, 3.05) is 6.61 Å². The molecule has 3 aromatic heterocycles. The molecule has 1 N–H and O–H groups in total. The second-order valence-corrected chi connectivity index (χ2v) is 6.70. The first-order valence-electron chi connectivity index (χ1n) is 8.52. The molecule has 0 radical (unpaired) electrons. The van der Waals surface area contributed by atoms with Gasteiger partial charge in [-0.2, -0.15) is 5.10 Å². The van der Waals surface area contributed by atoms with Gasteiger partial charge < -0.3 is 9.84 Å². The van der Waals surface area contributed by atoms with E-state index in [0.717, 1.165) is 16.8 Å². The number of hydrogen-bond donors (Lipinski definition) is 1. The number of aromatic nitrogens is 5. The molecule has 0 aliphatic heterocycles. The first-order chi connectivity index (χ1) is 12.5. The Balaban J connectivity index is 1.69. The SMILES string of the molecule is Cc1cnc2c(C(=O)O)nn(Cc3ncnc(OCC4CC4)c3C)c2c1. The second kappa shape index (κ2) is 6.36. The van der Waals surface area contributed by atoms with Crippen LogP contribution >= 0.6 is 0 Å². The largest absolute Gasteiger partial charge is 0.477 e. The molecule has 3 aromatic rings. The van der Waals surface area contributed by atoms with Gasteiger partial charge in [-0.05, 0) is 44.2 Å². The van der Waals surface area contributed by atoms with Crippen molar-refractivity contribution in [3.8, 4) is 5.88 Å². The van der Waals surface area contributed by atoms with E-state index in [0.29, 0.717) is 36.0 Å². The molecule has 1 aliphatic rings. The molecule has 0 bridgehead atoms. The van der Waals surface area contributed by atoms with Gasteiger partial charge in [0.05, 0.1) is 24.4 Å². The Morgan fingerprint density at radius 2 is 2.12 bits per heavy atom. The maximum Gasteiger partial charge on any atom is 0.358 e. The van der Waals surface area contributed by atoms with Gasteiger partial charge in [-0.1, -0.05) is 0 Å². The van der Waals surface area contributed by atoms with Gasteiger partial charge in [0.2, 0.25) is 5.88 Å². The Morgan fingerprint density at radius 3 is 2.85 bits per heavy atom. The van der Waals surface area contributed by atoms with E-state index in [1.54, 1.807) is 10.9 Å². The molecule has 4 rings (SSSR count). The van der Waals surface area contributed by atoms with Gasteiger partial charge in [0, 0.05) is 11.8 Å². The van der Waals surface area contributed by atoms with Crippen molar-refractivity contribution in [3.63, 3.8) is 0 Å². The number of carboxylic acids is 1. The first kappa shape index (κ1) is 16.4. The third-order valence-corrected chi connectivity index (χ3v) is 4.52. The summed E-state index contributed by atoms with van der Waals surface area (Å²) in [6.07, 6.45) is 5.53. The van der Waals surface area contributed by atoms with Crippen molar-refractivity contribution >= 4 is 17.0 Å². The molecule has 134 valence electrons. The summed E-state index contributed by atoms with van der Waals surface area (Å²) in [4.78, 5) is 24.3. The van der Waals surface area contributed by atoms with E-state index < -0.39 is 5.97 Å². The van der Waals surface area contributed by atoms with E-state index in [-0.39, 0.29) is 5.69 Å². The Hall–Kier alpha value is -3.03. The summed E-state index contributed by atoms with van der Waals surface area (Å²) in [6.45, 7) is 4.81. The molecule has 1 saturated carbocycles. The maximum atomic E-state index is 11.5. The minimum Gasteiger partial charge on any atom is -0.477 e. The highest BCUT2D eigenvalue weighted by atomic mass is 16.5. The van der Waals surface area contributed by atoms with Crippen LogP contribution in [0, 0.1) is 19.8 Å². The van der Waals surface area contributed by atoms with E-state index in [4.69, 9.17) is 4.74 Å². The summed E-state index contributed by atoms with van der Waals surface area (Å²) in [5, 5.41) is 13.6. The van der Waals surface area contributed by atoms with E-state index in [1.807, 2.05) is 19.9 Å². The minimum atomic E-state index is -1.10. The van der Waals surface area contributed by atoms with E-state index in [2.05, 4.69) is 20.1 Å². The van der Waals surface area contributed by atoms with Crippen LogP contribution in [0.1, 0.15) is 40.2 Å². The molecular formula is C18H19N5O3. The summed E-state index contributed by atoms with van der Waals surface area (Å²) >= 11 is 0. The molecule has 0 saturated heterocycles. The van der Waals surface area contributed by atoms with Crippen LogP contribution in [0.2, 0.25) is 0 Å². The number of aromatic carboxylic acids is 1. The third kappa shape index (κ3) is 3.10. The second-order valence-electron chi connectivity index (χ2n) is 6.70. The number of aryl methyl sites for hydroxylation is 1. The number of carbonyl (C=O) groups is 1. The molecular weight excluding hydrogens is 334 g/mol. The van der Waals surface area contributed by atoms with E-state index in [1.165, 1.54) is 19.2 Å². The standard InChI is InChI=1S/C18H19N5O3/c1-10-5-14-15(19-6-10)16(18(24)25)22-23(14)7-13-11(2)17(21-9-20-13)26-8-12-3-4-12/h5-6,9,12H,3-4,7-8H2,1-2H3,(H,24,25). The Labute approximate surface area is 149 Å². The lowest BCUT2D eigenvalue weighted by Gasteiger charge is -2.11. The fourth-order valence-electron chi connectivity index (χ4n) is 2.82. The van der Waals surface area contributed by atoms with Gasteiger partial charge in [-0.25, -0.2) is 14.8 Å². The molecule has 1 aliphatic carbocycles. The Bertz CT molecular complexity index is 994. The fourth-order valence-corrected chi connectivity index (χ4v) is 2.82. The van der Waals surface area contributed by atoms with Gasteiger partial charge in [-0.15, -0.1) is 0 Å². The number of hydrogen-bond acceptors (Lipinski definition) is 6. The number of pyridine rings is 1. The third-order valence-electron chi connectivity index (χ3n) is 4.52. The van der Waals surface area contributed by atoms with Crippen molar-refractivity contribution in [3.05, 3.63) is 41.1 Å². The average molecular weight is 353 g/mol. The molecule has 8 nitrogen and oxygen atoms in total. The van der Waals surface area contributed by atoms with Crippen LogP contribution in [-0.2, 0) is 6.54 Å². The molecule has 3 heterocycles. The molecule has 0 spiro atoms. The zero-order valence-corrected chi connectivity index (χ0v) is 14.6. The van der Waals surface area contributed by atoms with Crippen LogP contribution in [0.15, 0.2) is 18.6 Å². The van der Waals surface area contributed by atoms with Crippen molar-refractivity contribution < 1.29 is 14.6 Å². The zero-order chi connectivity index (χ0) is 18.3. The summed E-state index contributed by atoms with van der Waals surface area (Å²) < 4.78 is 7.43. The number of nitrogens with zero attached hydrogens (tertiary/aromatic N) is 5. The molecule has 0 atom stereocenters. The van der Waals surface area contributed by atoms with Crippen LogP contribution < -0.4 is 4.74 Å². The molecule has 0 unspecified atom stereocenters. The molecule has 0 amide bonds. The summed E-state index contributed by atoms with van der Waals surface area (Å²) in [5.41, 5.74) is 3.50. The lowest BCUT2D eigenvalue weighted by Crippen LogP contribution is -2.10. The lowest BCUT2D eigenvalue weighted by atomic mass is 10.2. The van der Waals surface area contributed by atoms with Gasteiger partial charge in [-0.3, -0.25) is 9.67 Å². The number of ether oxygens (including phenoxy) is 1. The van der Waals surface area contributed by atoms with Gasteiger partial charge in [0.15, 0.2) is 5.69 Å². The Kier molecular flexibility index (Phi) is 4.02. The summed E-state index contributed by atoms with van der Waals surface area (Å²) in [7, 11) is 0. The number of fused-ring (bicyclic) bond motifs is 1. The maximum absolute atomic E-state index is 11.5. The number of carboxylic acid groups (broad SMARTS) is 1. The van der Waals surface area contributed by atoms with Gasteiger partial charge in [0.25, 0.3) is 0 Å². The normalized spacial score (nSPS) is 13.9. The Morgan fingerprint density at radius 1 is 1.31 bits per heavy atom. The predicted octanol–water partition coefficient (Wildman–Crippen LogP) is 2.37. The van der Waals surface area contributed by atoms with E-state index >= 15 is 0 Å². The van der Waals surface area contributed by atoms with Crippen molar-refractivity contribution in [1.29, 1.82) is 0 Å². The summed E-state index contributed by atoms with van der Waals surface area (Å²) in [5.74, 6) is 0.110. The highest BCUT2D eigenvalue weighted by Crippen LogP contribution is 2.30. The molecule has 8 heteroatoms. The predicted molar refractivity (Wildman–Crippen MR) is 93.3 cm³/mol.